The van der Waals surface area contributed by atoms with Crippen molar-refractivity contribution >= 4 is 21.6 Å². The van der Waals surface area contributed by atoms with E-state index in [1.165, 1.54) is 18.5 Å². The first-order chi connectivity index (χ1) is 9.63. The Balaban J connectivity index is 2.19. The number of halogens is 1. The number of methoxy groups -OCH3 is 1. The zero-order valence-electron chi connectivity index (χ0n) is 12.7. The first-order valence-corrected chi connectivity index (χ1v) is 8.26. The standard InChI is InChI=1S/C16H25BrN2O/c1-4-12(2)16-11-19(7-5-6-18-16)14-8-13(17)9-15(10-14)20-3/h8-10,12,16,18H,4-7,11H2,1-3H3. The van der Waals surface area contributed by atoms with Crippen LogP contribution in [0, 0.1) is 5.92 Å². The summed E-state index contributed by atoms with van der Waals surface area (Å²) < 4.78 is 6.45. The average Bonchev–Trinajstić information content (AvgIpc) is 2.71. The summed E-state index contributed by atoms with van der Waals surface area (Å²) in [7, 11) is 1.72. The number of hydrogen-bond donors (Lipinski definition) is 1. The molecule has 4 heteroatoms. The number of rotatable bonds is 4. The molecule has 2 rings (SSSR count). The third kappa shape index (κ3) is 3.89. The molecule has 1 aromatic rings. The summed E-state index contributed by atoms with van der Waals surface area (Å²) in [5, 5.41) is 3.69. The zero-order valence-corrected chi connectivity index (χ0v) is 14.2. The Morgan fingerprint density at radius 2 is 2.25 bits per heavy atom. The Morgan fingerprint density at radius 1 is 1.45 bits per heavy atom. The van der Waals surface area contributed by atoms with Crippen molar-refractivity contribution in [1.29, 1.82) is 0 Å². The Morgan fingerprint density at radius 3 is 2.95 bits per heavy atom. The van der Waals surface area contributed by atoms with Crippen molar-refractivity contribution in [3.05, 3.63) is 22.7 Å². The molecule has 0 bridgehead atoms. The van der Waals surface area contributed by atoms with Crippen LogP contribution in [-0.2, 0) is 0 Å². The zero-order chi connectivity index (χ0) is 14.5. The molecule has 1 heterocycles. The Bertz CT molecular complexity index is 438. The van der Waals surface area contributed by atoms with Gasteiger partial charge in [-0.3, -0.25) is 0 Å². The van der Waals surface area contributed by atoms with Crippen LogP contribution in [0.1, 0.15) is 26.7 Å². The van der Waals surface area contributed by atoms with Gasteiger partial charge in [-0.1, -0.05) is 36.2 Å². The van der Waals surface area contributed by atoms with Gasteiger partial charge in [0.05, 0.1) is 7.11 Å². The van der Waals surface area contributed by atoms with Gasteiger partial charge in [0.25, 0.3) is 0 Å². The number of ether oxygens (including phenoxy) is 1. The number of anilines is 1. The van der Waals surface area contributed by atoms with Crippen LogP contribution in [0.5, 0.6) is 5.75 Å². The monoisotopic (exact) mass is 340 g/mol. The molecule has 0 aromatic heterocycles. The molecule has 0 amide bonds. The van der Waals surface area contributed by atoms with Gasteiger partial charge >= 0.3 is 0 Å². The fraction of sp³-hybridized carbons (Fsp3) is 0.625. The lowest BCUT2D eigenvalue weighted by atomic mass is 9.99. The summed E-state index contributed by atoms with van der Waals surface area (Å²) >= 11 is 3.58. The van der Waals surface area contributed by atoms with E-state index in [0.717, 1.165) is 29.9 Å². The second-order valence-corrected chi connectivity index (χ2v) is 6.51. The summed E-state index contributed by atoms with van der Waals surface area (Å²) in [5.74, 6) is 1.61. The molecule has 0 radical (unpaired) electrons. The smallest absolute Gasteiger partial charge is 0.122 e. The third-order valence-electron chi connectivity index (χ3n) is 4.22. The predicted octanol–water partition coefficient (Wildman–Crippen LogP) is 3.67. The number of benzene rings is 1. The maximum absolute atomic E-state index is 5.38. The summed E-state index contributed by atoms with van der Waals surface area (Å²) in [4.78, 5) is 2.48. The Hall–Kier alpha value is -0.740. The van der Waals surface area contributed by atoms with Crippen LogP contribution >= 0.6 is 15.9 Å². The molecule has 2 unspecified atom stereocenters. The topological polar surface area (TPSA) is 24.5 Å². The van der Waals surface area contributed by atoms with Crippen molar-refractivity contribution < 1.29 is 4.74 Å². The van der Waals surface area contributed by atoms with Crippen molar-refractivity contribution in [3.63, 3.8) is 0 Å². The molecule has 1 fully saturated rings. The van der Waals surface area contributed by atoms with Gasteiger partial charge in [-0.05, 0) is 31.0 Å². The second kappa shape index (κ2) is 7.32. The molecular formula is C16H25BrN2O. The molecule has 0 aliphatic carbocycles. The maximum Gasteiger partial charge on any atom is 0.122 e. The van der Waals surface area contributed by atoms with Crippen LogP contribution in [0.2, 0.25) is 0 Å². The van der Waals surface area contributed by atoms with Crippen molar-refractivity contribution in [2.24, 2.45) is 5.92 Å². The summed E-state index contributed by atoms with van der Waals surface area (Å²) in [6, 6.07) is 6.88. The quantitative estimate of drug-likeness (QED) is 0.904. The molecule has 1 saturated heterocycles. The molecule has 1 aromatic carbocycles. The molecule has 0 spiro atoms. The highest BCUT2D eigenvalue weighted by Gasteiger charge is 2.22. The fourth-order valence-corrected chi connectivity index (χ4v) is 3.16. The summed E-state index contributed by atoms with van der Waals surface area (Å²) in [6.07, 6.45) is 2.40. The predicted molar refractivity (Wildman–Crippen MR) is 88.8 cm³/mol. The molecule has 3 nitrogen and oxygen atoms in total. The van der Waals surface area contributed by atoms with Gasteiger partial charge in [-0.15, -0.1) is 0 Å². The maximum atomic E-state index is 5.38. The lowest BCUT2D eigenvalue weighted by molar-refractivity contribution is 0.383. The minimum Gasteiger partial charge on any atom is -0.497 e. The van der Waals surface area contributed by atoms with Crippen LogP contribution in [0.15, 0.2) is 22.7 Å². The molecule has 1 aliphatic rings. The number of nitrogens with one attached hydrogen (secondary N) is 1. The number of hydrogen-bond acceptors (Lipinski definition) is 3. The van der Waals surface area contributed by atoms with E-state index in [9.17, 15) is 0 Å². The van der Waals surface area contributed by atoms with Crippen LogP contribution < -0.4 is 15.0 Å². The van der Waals surface area contributed by atoms with Crippen LogP contribution in [0.3, 0.4) is 0 Å². The highest BCUT2D eigenvalue weighted by atomic mass is 79.9. The molecule has 1 aliphatic heterocycles. The molecule has 2 atom stereocenters. The fourth-order valence-electron chi connectivity index (χ4n) is 2.70. The first-order valence-electron chi connectivity index (χ1n) is 7.47. The molecule has 1 N–H and O–H groups in total. The molecule has 112 valence electrons. The SMILES string of the molecule is CCC(C)C1CN(c2cc(Br)cc(OC)c2)CCCN1. The van der Waals surface area contributed by atoms with Gasteiger partial charge in [0, 0.05) is 35.4 Å². The first kappa shape index (κ1) is 15.6. The Kier molecular flexibility index (Phi) is 5.73. The Labute approximate surface area is 130 Å². The van der Waals surface area contributed by atoms with Gasteiger partial charge in [0.2, 0.25) is 0 Å². The minimum atomic E-state index is 0.562. The number of nitrogens with zero attached hydrogens (tertiary/aromatic N) is 1. The minimum absolute atomic E-state index is 0.562. The molecule has 20 heavy (non-hydrogen) atoms. The highest BCUT2D eigenvalue weighted by Crippen LogP contribution is 2.28. The lowest BCUT2D eigenvalue weighted by Crippen LogP contribution is -2.42. The van der Waals surface area contributed by atoms with Gasteiger partial charge in [0.15, 0.2) is 0 Å². The lowest BCUT2D eigenvalue weighted by Gasteiger charge is -2.30. The van der Waals surface area contributed by atoms with Crippen molar-refractivity contribution in [1.82, 2.24) is 5.32 Å². The summed E-state index contributed by atoms with van der Waals surface area (Å²) in [6.45, 7) is 7.87. The van der Waals surface area contributed by atoms with Crippen molar-refractivity contribution in [2.45, 2.75) is 32.7 Å². The van der Waals surface area contributed by atoms with Gasteiger partial charge < -0.3 is 15.0 Å². The average molecular weight is 341 g/mol. The van der Waals surface area contributed by atoms with E-state index in [2.05, 4.69) is 52.1 Å². The highest BCUT2D eigenvalue weighted by molar-refractivity contribution is 9.10. The van der Waals surface area contributed by atoms with Gasteiger partial charge in [-0.2, -0.15) is 0 Å². The van der Waals surface area contributed by atoms with Crippen LogP contribution in [0.25, 0.3) is 0 Å². The third-order valence-corrected chi connectivity index (χ3v) is 4.67. The van der Waals surface area contributed by atoms with E-state index in [1.807, 2.05) is 6.07 Å². The molecule has 0 saturated carbocycles. The van der Waals surface area contributed by atoms with Gasteiger partial charge in [-0.25, -0.2) is 0 Å². The molecular weight excluding hydrogens is 316 g/mol. The van der Waals surface area contributed by atoms with E-state index >= 15 is 0 Å². The largest absolute Gasteiger partial charge is 0.497 e. The summed E-state index contributed by atoms with van der Waals surface area (Å²) in [5.41, 5.74) is 1.24. The van der Waals surface area contributed by atoms with Crippen molar-refractivity contribution in [2.75, 3.05) is 31.6 Å². The van der Waals surface area contributed by atoms with E-state index in [0.29, 0.717) is 12.0 Å². The van der Waals surface area contributed by atoms with E-state index in [1.54, 1.807) is 7.11 Å². The van der Waals surface area contributed by atoms with E-state index in [4.69, 9.17) is 4.74 Å². The van der Waals surface area contributed by atoms with Gasteiger partial charge in [0.1, 0.15) is 5.75 Å². The van der Waals surface area contributed by atoms with Crippen molar-refractivity contribution in [3.8, 4) is 5.75 Å². The van der Waals surface area contributed by atoms with E-state index in [-0.39, 0.29) is 0 Å². The van der Waals surface area contributed by atoms with Crippen LogP contribution in [-0.4, -0.2) is 32.8 Å². The van der Waals surface area contributed by atoms with E-state index < -0.39 is 0 Å². The van der Waals surface area contributed by atoms with Crippen LogP contribution in [0.4, 0.5) is 5.69 Å². The second-order valence-electron chi connectivity index (χ2n) is 5.59. The normalized spacial score (nSPS) is 21.4.